The van der Waals surface area contributed by atoms with Gasteiger partial charge >= 0.3 is 12.1 Å². The molecule has 2 aromatic carbocycles. The van der Waals surface area contributed by atoms with E-state index in [0.29, 0.717) is 12.3 Å². The van der Waals surface area contributed by atoms with Crippen molar-refractivity contribution in [3.8, 4) is 11.1 Å². The van der Waals surface area contributed by atoms with Crippen LogP contribution in [-0.2, 0) is 19.1 Å². The lowest BCUT2D eigenvalue weighted by atomic mass is 9.98. The third-order valence-corrected chi connectivity index (χ3v) is 6.17. The van der Waals surface area contributed by atoms with Crippen molar-refractivity contribution in [2.45, 2.75) is 37.3 Å². The van der Waals surface area contributed by atoms with Gasteiger partial charge in [-0.1, -0.05) is 61.4 Å². The van der Waals surface area contributed by atoms with Crippen LogP contribution in [0.4, 0.5) is 4.79 Å². The summed E-state index contributed by atoms with van der Waals surface area (Å²) in [5.41, 5.74) is 4.46. The SMILES string of the molecule is COCC(NC(=O)C(CC1CC1)NC(=O)OCC1c2ccccc2-c2ccccc21)C(=O)O. The molecule has 2 aliphatic rings. The van der Waals surface area contributed by atoms with Crippen LogP contribution in [0.1, 0.15) is 36.3 Å². The van der Waals surface area contributed by atoms with Crippen molar-refractivity contribution in [3.05, 3.63) is 59.7 Å². The number of nitrogens with one attached hydrogen (secondary N) is 2. The molecule has 8 heteroatoms. The molecule has 0 saturated heterocycles. The molecule has 2 atom stereocenters. The van der Waals surface area contributed by atoms with E-state index in [2.05, 4.69) is 22.8 Å². The first-order valence-electron chi connectivity index (χ1n) is 11.1. The number of carboxylic acids is 1. The van der Waals surface area contributed by atoms with Gasteiger partial charge in [0.05, 0.1) is 6.61 Å². The zero-order valence-corrected chi connectivity index (χ0v) is 18.5. The monoisotopic (exact) mass is 452 g/mol. The minimum atomic E-state index is -1.20. The van der Waals surface area contributed by atoms with Crippen molar-refractivity contribution < 1.29 is 29.0 Å². The van der Waals surface area contributed by atoms with Crippen LogP contribution < -0.4 is 10.6 Å². The Labute approximate surface area is 192 Å². The number of hydrogen-bond acceptors (Lipinski definition) is 5. The normalized spacial score (nSPS) is 16.3. The Bertz CT molecular complexity index is 990. The Hall–Kier alpha value is -3.39. The predicted molar refractivity (Wildman–Crippen MR) is 121 cm³/mol. The van der Waals surface area contributed by atoms with Crippen LogP contribution in [0.15, 0.2) is 48.5 Å². The third-order valence-electron chi connectivity index (χ3n) is 6.17. The Kier molecular flexibility index (Phi) is 6.93. The molecule has 1 saturated carbocycles. The molecule has 2 unspecified atom stereocenters. The maximum absolute atomic E-state index is 12.7. The Morgan fingerprint density at radius 3 is 2.12 bits per heavy atom. The summed E-state index contributed by atoms with van der Waals surface area (Å²) in [6, 6.07) is 14.0. The van der Waals surface area contributed by atoms with E-state index in [1.54, 1.807) is 0 Å². The lowest BCUT2D eigenvalue weighted by Gasteiger charge is -2.21. The molecule has 0 aromatic heterocycles. The first kappa shape index (κ1) is 22.8. The van der Waals surface area contributed by atoms with E-state index in [-0.39, 0.29) is 19.1 Å². The molecule has 0 heterocycles. The summed E-state index contributed by atoms with van der Waals surface area (Å²) < 4.78 is 10.4. The Morgan fingerprint density at radius 1 is 0.970 bits per heavy atom. The average molecular weight is 453 g/mol. The van der Waals surface area contributed by atoms with Crippen LogP contribution in [0.3, 0.4) is 0 Å². The molecule has 33 heavy (non-hydrogen) atoms. The molecule has 0 radical (unpaired) electrons. The molecule has 8 nitrogen and oxygen atoms in total. The quantitative estimate of drug-likeness (QED) is 0.511. The fourth-order valence-corrected chi connectivity index (χ4v) is 4.31. The van der Waals surface area contributed by atoms with Crippen molar-refractivity contribution in [2.24, 2.45) is 5.92 Å². The lowest BCUT2D eigenvalue weighted by molar-refractivity contribution is -0.143. The van der Waals surface area contributed by atoms with Crippen LogP contribution in [0.5, 0.6) is 0 Å². The van der Waals surface area contributed by atoms with E-state index in [0.717, 1.165) is 35.1 Å². The summed E-state index contributed by atoms with van der Waals surface area (Å²) in [4.78, 5) is 36.7. The first-order chi connectivity index (χ1) is 16.0. The van der Waals surface area contributed by atoms with Gasteiger partial charge in [0, 0.05) is 13.0 Å². The van der Waals surface area contributed by atoms with Crippen LogP contribution in [0, 0.1) is 5.92 Å². The number of amides is 2. The molecule has 2 aromatic rings. The number of carbonyl (C=O) groups excluding carboxylic acids is 2. The third kappa shape index (κ3) is 5.34. The van der Waals surface area contributed by atoms with E-state index in [1.807, 2.05) is 36.4 Å². The van der Waals surface area contributed by atoms with Crippen molar-refractivity contribution >= 4 is 18.0 Å². The second kappa shape index (κ2) is 10.0. The van der Waals surface area contributed by atoms with Gasteiger partial charge in [-0.2, -0.15) is 0 Å². The maximum atomic E-state index is 12.7. The van der Waals surface area contributed by atoms with Gasteiger partial charge < -0.3 is 25.2 Å². The van der Waals surface area contributed by atoms with Gasteiger partial charge in [-0.15, -0.1) is 0 Å². The zero-order chi connectivity index (χ0) is 23.4. The largest absolute Gasteiger partial charge is 0.480 e. The van der Waals surface area contributed by atoms with Gasteiger partial charge in [-0.05, 0) is 34.6 Å². The van der Waals surface area contributed by atoms with Crippen molar-refractivity contribution in [2.75, 3.05) is 20.3 Å². The molecule has 0 spiro atoms. The molecule has 0 bridgehead atoms. The summed E-state index contributed by atoms with van der Waals surface area (Å²) in [5, 5.41) is 14.4. The smallest absolute Gasteiger partial charge is 0.407 e. The molecule has 1 fully saturated rings. The summed E-state index contributed by atoms with van der Waals surface area (Å²) in [6.07, 6.45) is 1.71. The number of aliphatic carboxylic acids is 1. The minimum Gasteiger partial charge on any atom is -0.480 e. The van der Waals surface area contributed by atoms with Crippen LogP contribution in [-0.4, -0.2) is 55.5 Å². The molecule has 4 rings (SSSR count). The Balaban J connectivity index is 1.40. The standard InChI is InChI=1S/C25H28N2O6/c1-32-14-22(24(29)30)26-23(28)21(12-15-10-11-15)27-25(31)33-13-20-18-8-4-2-6-16(18)17-7-3-5-9-19(17)20/h2-9,15,20-22H,10-14H2,1H3,(H,26,28)(H,27,31)(H,29,30). The van der Waals surface area contributed by atoms with E-state index in [1.165, 1.54) is 7.11 Å². The number of alkyl carbamates (subject to hydrolysis) is 1. The summed E-state index contributed by atoms with van der Waals surface area (Å²) in [6.45, 7) is -0.0266. The maximum Gasteiger partial charge on any atom is 0.407 e. The molecule has 2 amide bonds. The molecule has 3 N–H and O–H groups in total. The van der Waals surface area contributed by atoms with Crippen LogP contribution in [0.2, 0.25) is 0 Å². The van der Waals surface area contributed by atoms with Gasteiger partial charge in [-0.25, -0.2) is 9.59 Å². The minimum absolute atomic E-state index is 0.0862. The second-order valence-electron chi connectivity index (χ2n) is 8.56. The van der Waals surface area contributed by atoms with Crippen LogP contribution >= 0.6 is 0 Å². The predicted octanol–water partition coefficient (Wildman–Crippen LogP) is 2.91. The number of carbonyl (C=O) groups is 3. The van der Waals surface area contributed by atoms with Gasteiger partial charge in [0.1, 0.15) is 12.6 Å². The Morgan fingerprint density at radius 2 is 1.58 bits per heavy atom. The summed E-state index contributed by atoms with van der Waals surface area (Å²) in [5.74, 6) is -1.51. The highest BCUT2D eigenvalue weighted by molar-refractivity contribution is 5.89. The van der Waals surface area contributed by atoms with Gasteiger partial charge in [0.25, 0.3) is 0 Å². The first-order valence-corrected chi connectivity index (χ1v) is 11.1. The van der Waals surface area contributed by atoms with Crippen molar-refractivity contribution in [1.29, 1.82) is 0 Å². The average Bonchev–Trinajstić information content (AvgIpc) is 3.57. The number of fused-ring (bicyclic) bond motifs is 3. The fourth-order valence-electron chi connectivity index (χ4n) is 4.31. The number of carboxylic acid groups (broad SMARTS) is 1. The molecular formula is C25H28N2O6. The van der Waals surface area contributed by atoms with Crippen molar-refractivity contribution in [3.63, 3.8) is 0 Å². The summed E-state index contributed by atoms with van der Waals surface area (Å²) >= 11 is 0. The van der Waals surface area contributed by atoms with Crippen molar-refractivity contribution in [1.82, 2.24) is 10.6 Å². The summed E-state index contributed by atoms with van der Waals surface area (Å²) in [7, 11) is 1.36. The highest BCUT2D eigenvalue weighted by Gasteiger charge is 2.34. The zero-order valence-electron chi connectivity index (χ0n) is 18.5. The topological polar surface area (TPSA) is 114 Å². The van der Waals surface area contributed by atoms with Crippen LogP contribution in [0.25, 0.3) is 11.1 Å². The van der Waals surface area contributed by atoms with Gasteiger partial charge in [-0.3, -0.25) is 4.79 Å². The molecular weight excluding hydrogens is 424 g/mol. The highest BCUT2D eigenvalue weighted by Crippen LogP contribution is 2.44. The number of ether oxygens (including phenoxy) is 2. The number of methoxy groups -OCH3 is 1. The molecule has 0 aliphatic heterocycles. The van der Waals surface area contributed by atoms with E-state index in [4.69, 9.17) is 9.47 Å². The van der Waals surface area contributed by atoms with Gasteiger partial charge in [0.2, 0.25) is 5.91 Å². The number of benzene rings is 2. The van der Waals surface area contributed by atoms with E-state index >= 15 is 0 Å². The van der Waals surface area contributed by atoms with E-state index < -0.39 is 30.1 Å². The molecule has 174 valence electrons. The highest BCUT2D eigenvalue weighted by atomic mass is 16.5. The second-order valence-corrected chi connectivity index (χ2v) is 8.56. The van der Waals surface area contributed by atoms with E-state index in [9.17, 15) is 19.5 Å². The van der Waals surface area contributed by atoms with Gasteiger partial charge in [0.15, 0.2) is 6.04 Å². The fraction of sp³-hybridized carbons (Fsp3) is 0.400. The molecule has 2 aliphatic carbocycles. The number of hydrogen-bond donors (Lipinski definition) is 3. The number of rotatable bonds is 10. The lowest BCUT2D eigenvalue weighted by Crippen LogP contribution is -2.53.